The van der Waals surface area contributed by atoms with Crippen molar-refractivity contribution >= 4 is 34.9 Å². The van der Waals surface area contributed by atoms with Crippen molar-refractivity contribution in [2.75, 3.05) is 11.9 Å². The summed E-state index contributed by atoms with van der Waals surface area (Å²) in [7, 11) is 1.64. The molecule has 0 radical (unpaired) electrons. The van der Waals surface area contributed by atoms with Gasteiger partial charge in [-0.2, -0.15) is 0 Å². The van der Waals surface area contributed by atoms with Gasteiger partial charge in [0.05, 0.1) is 10.7 Å². The quantitative estimate of drug-likeness (QED) is 0.797. The number of amides is 1. The second-order valence-corrected chi connectivity index (χ2v) is 4.25. The fourth-order valence-electron chi connectivity index (χ4n) is 1.40. The molecule has 2 rings (SSSR count). The molecule has 0 saturated carbocycles. The minimum absolute atomic E-state index is 0.244. The highest BCUT2D eigenvalue weighted by atomic mass is 35.5. The number of carbonyl (C=O) groups excluding carboxylic acids is 1. The summed E-state index contributed by atoms with van der Waals surface area (Å²) in [6.45, 7) is 0. The smallest absolute Gasteiger partial charge is 0.295 e. The van der Waals surface area contributed by atoms with Crippen LogP contribution in [0.25, 0.3) is 0 Å². The topological polar surface area (TPSA) is 38.1 Å². The lowest BCUT2D eigenvalue weighted by atomic mass is 10.3. The van der Waals surface area contributed by atoms with Gasteiger partial charge in [-0.1, -0.05) is 23.2 Å². The molecule has 4 nitrogen and oxygen atoms in total. The van der Waals surface area contributed by atoms with Gasteiger partial charge in [-0.3, -0.25) is 9.47 Å². The fraction of sp³-hybridized carbons (Fsp3) is 0.0909. The van der Waals surface area contributed by atoms with Crippen molar-refractivity contribution in [3.8, 4) is 0 Å². The lowest BCUT2D eigenvalue weighted by Crippen LogP contribution is -2.30. The number of hydrogen-bond acceptors (Lipinski definition) is 2. The van der Waals surface area contributed by atoms with Crippen LogP contribution in [0.2, 0.25) is 10.0 Å². The van der Waals surface area contributed by atoms with Crippen LogP contribution >= 0.6 is 23.2 Å². The Bertz CT molecular complexity index is 540. The summed E-state index contributed by atoms with van der Waals surface area (Å²) < 4.78 is 1.37. The van der Waals surface area contributed by atoms with Crippen LogP contribution in [0.3, 0.4) is 0 Å². The molecule has 17 heavy (non-hydrogen) atoms. The number of carbonyl (C=O) groups is 1. The SMILES string of the molecule is CN(C(=O)n1ccnc1)c1ccc(Cl)cc1Cl. The number of hydrogen-bond donors (Lipinski definition) is 0. The Morgan fingerprint density at radius 1 is 1.41 bits per heavy atom. The van der Waals surface area contributed by atoms with E-state index in [1.807, 2.05) is 0 Å². The summed E-state index contributed by atoms with van der Waals surface area (Å²) in [6.07, 6.45) is 4.54. The molecule has 0 bridgehead atoms. The number of benzene rings is 1. The van der Waals surface area contributed by atoms with Gasteiger partial charge >= 0.3 is 6.03 Å². The van der Waals surface area contributed by atoms with Crippen molar-refractivity contribution in [2.45, 2.75) is 0 Å². The number of imidazole rings is 1. The maximum atomic E-state index is 12.0. The van der Waals surface area contributed by atoms with Crippen LogP contribution in [0.15, 0.2) is 36.9 Å². The van der Waals surface area contributed by atoms with Gasteiger partial charge in [-0.05, 0) is 18.2 Å². The third-order valence-corrected chi connectivity index (χ3v) is 2.82. The van der Waals surface area contributed by atoms with E-state index in [2.05, 4.69) is 4.98 Å². The van der Waals surface area contributed by atoms with Crippen LogP contribution in [0.5, 0.6) is 0 Å². The van der Waals surface area contributed by atoms with Crippen LogP contribution in [0.1, 0.15) is 0 Å². The Balaban J connectivity index is 2.31. The zero-order valence-corrected chi connectivity index (χ0v) is 10.5. The maximum absolute atomic E-state index is 12.0. The molecule has 0 unspecified atom stereocenters. The second-order valence-electron chi connectivity index (χ2n) is 3.41. The zero-order chi connectivity index (χ0) is 12.4. The van der Waals surface area contributed by atoms with E-state index >= 15 is 0 Å². The Hall–Kier alpha value is -1.52. The van der Waals surface area contributed by atoms with Crippen molar-refractivity contribution in [2.24, 2.45) is 0 Å². The largest absolute Gasteiger partial charge is 0.333 e. The van der Waals surface area contributed by atoms with Crippen molar-refractivity contribution in [1.29, 1.82) is 0 Å². The fourth-order valence-corrected chi connectivity index (χ4v) is 1.94. The van der Waals surface area contributed by atoms with E-state index < -0.39 is 0 Å². The Morgan fingerprint density at radius 3 is 2.76 bits per heavy atom. The summed E-state index contributed by atoms with van der Waals surface area (Å²) in [4.78, 5) is 17.2. The van der Waals surface area contributed by atoms with E-state index in [4.69, 9.17) is 23.2 Å². The molecule has 0 atom stereocenters. The monoisotopic (exact) mass is 269 g/mol. The highest BCUT2D eigenvalue weighted by Gasteiger charge is 2.15. The molecule has 0 aliphatic heterocycles. The van der Waals surface area contributed by atoms with E-state index in [0.29, 0.717) is 15.7 Å². The molecule has 0 N–H and O–H groups in total. The number of rotatable bonds is 1. The zero-order valence-electron chi connectivity index (χ0n) is 8.97. The number of nitrogens with zero attached hydrogens (tertiary/aromatic N) is 3. The van der Waals surface area contributed by atoms with Gasteiger partial charge in [-0.25, -0.2) is 9.78 Å². The molecule has 6 heteroatoms. The molecular formula is C11H9Cl2N3O. The van der Waals surface area contributed by atoms with E-state index in [1.54, 1.807) is 31.4 Å². The molecule has 0 fully saturated rings. The molecule has 88 valence electrons. The van der Waals surface area contributed by atoms with Crippen molar-refractivity contribution in [3.63, 3.8) is 0 Å². The predicted octanol–water partition coefficient (Wildman–Crippen LogP) is 3.29. The Labute approximate surface area is 108 Å². The summed E-state index contributed by atoms with van der Waals surface area (Å²) in [6, 6.07) is 4.72. The molecule has 1 amide bonds. The summed E-state index contributed by atoms with van der Waals surface area (Å²) >= 11 is 11.8. The van der Waals surface area contributed by atoms with Gasteiger partial charge in [0, 0.05) is 24.5 Å². The second kappa shape index (κ2) is 4.77. The van der Waals surface area contributed by atoms with Crippen LogP contribution in [-0.2, 0) is 0 Å². The lowest BCUT2D eigenvalue weighted by Gasteiger charge is -2.18. The average Bonchev–Trinajstić information content (AvgIpc) is 2.80. The first-order valence-corrected chi connectivity index (χ1v) is 5.56. The third kappa shape index (κ3) is 2.43. The molecule has 0 aliphatic rings. The lowest BCUT2D eigenvalue weighted by molar-refractivity contribution is 0.249. The molecule has 2 aromatic rings. The van der Waals surface area contributed by atoms with Gasteiger partial charge < -0.3 is 0 Å². The molecule has 1 heterocycles. The summed E-state index contributed by atoms with van der Waals surface area (Å²) in [5.74, 6) is 0. The van der Waals surface area contributed by atoms with E-state index in [0.717, 1.165) is 0 Å². The first kappa shape index (κ1) is 12.0. The first-order chi connectivity index (χ1) is 8.09. The van der Waals surface area contributed by atoms with Gasteiger partial charge in [0.25, 0.3) is 0 Å². The maximum Gasteiger partial charge on any atom is 0.333 e. The predicted molar refractivity (Wildman–Crippen MR) is 67.9 cm³/mol. The number of aromatic nitrogens is 2. The van der Waals surface area contributed by atoms with E-state index in [1.165, 1.54) is 22.0 Å². The average molecular weight is 270 g/mol. The minimum atomic E-state index is -0.244. The van der Waals surface area contributed by atoms with Crippen LogP contribution in [0.4, 0.5) is 10.5 Å². The van der Waals surface area contributed by atoms with Crippen molar-refractivity contribution in [3.05, 3.63) is 47.0 Å². The minimum Gasteiger partial charge on any atom is -0.295 e. The first-order valence-electron chi connectivity index (χ1n) is 4.80. The summed E-state index contributed by atoms with van der Waals surface area (Å²) in [5.41, 5.74) is 0.592. The van der Waals surface area contributed by atoms with E-state index in [9.17, 15) is 4.79 Å². The van der Waals surface area contributed by atoms with Crippen LogP contribution in [-0.4, -0.2) is 22.6 Å². The highest BCUT2D eigenvalue weighted by Crippen LogP contribution is 2.28. The van der Waals surface area contributed by atoms with E-state index in [-0.39, 0.29) is 6.03 Å². The Morgan fingerprint density at radius 2 is 2.18 bits per heavy atom. The highest BCUT2D eigenvalue weighted by molar-refractivity contribution is 6.36. The van der Waals surface area contributed by atoms with Crippen LogP contribution in [0, 0.1) is 0 Å². The van der Waals surface area contributed by atoms with Crippen molar-refractivity contribution < 1.29 is 4.79 Å². The molecule has 0 aliphatic carbocycles. The molecule has 1 aromatic carbocycles. The van der Waals surface area contributed by atoms with Gasteiger partial charge in [0.15, 0.2) is 0 Å². The van der Waals surface area contributed by atoms with Gasteiger partial charge in [-0.15, -0.1) is 0 Å². The standard InChI is InChI=1S/C11H9Cl2N3O/c1-15(11(17)16-5-4-14-7-16)10-3-2-8(12)6-9(10)13/h2-7H,1H3. The molecular weight excluding hydrogens is 261 g/mol. The summed E-state index contributed by atoms with van der Waals surface area (Å²) in [5, 5.41) is 0.954. The molecule has 0 spiro atoms. The number of anilines is 1. The Kier molecular flexibility index (Phi) is 3.36. The van der Waals surface area contributed by atoms with Crippen LogP contribution < -0.4 is 4.90 Å². The van der Waals surface area contributed by atoms with Crippen molar-refractivity contribution in [1.82, 2.24) is 9.55 Å². The van der Waals surface area contributed by atoms with Gasteiger partial charge in [0.1, 0.15) is 6.33 Å². The molecule has 0 saturated heterocycles. The third-order valence-electron chi connectivity index (χ3n) is 2.28. The molecule has 1 aromatic heterocycles. The van der Waals surface area contributed by atoms with Gasteiger partial charge in [0.2, 0.25) is 0 Å². The normalized spacial score (nSPS) is 10.3. The number of halogens is 2.